The van der Waals surface area contributed by atoms with Gasteiger partial charge in [0.25, 0.3) is 0 Å². The van der Waals surface area contributed by atoms with Gasteiger partial charge >= 0.3 is 0 Å². The largest absolute Gasteiger partial charge is 0.455 e. The van der Waals surface area contributed by atoms with E-state index in [2.05, 4.69) is 241 Å². The minimum absolute atomic E-state index is 0.812. The summed E-state index contributed by atoms with van der Waals surface area (Å²) in [6.45, 7) is 0. The lowest BCUT2D eigenvalue weighted by atomic mass is 9.91. The van der Waals surface area contributed by atoms with Crippen molar-refractivity contribution in [1.29, 1.82) is 0 Å². The minimum atomic E-state index is 0.812. The highest BCUT2D eigenvalue weighted by atomic mass is 16.5. The normalized spacial score (nSPS) is 11.5. The van der Waals surface area contributed by atoms with E-state index in [0.717, 1.165) is 67.5 Å². The van der Waals surface area contributed by atoms with Crippen LogP contribution in [0.15, 0.2) is 237 Å². The molecule has 0 atom stereocenters. The monoisotopic (exact) mass is 765 g/mol. The predicted octanol–water partition coefficient (Wildman–Crippen LogP) is 16.4. The highest BCUT2D eigenvalue weighted by Crippen LogP contribution is 2.52. The van der Waals surface area contributed by atoms with Gasteiger partial charge in [-0.05, 0) is 97.2 Å². The smallest absolute Gasteiger partial charge is 0.143 e. The van der Waals surface area contributed by atoms with Gasteiger partial charge in [-0.2, -0.15) is 0 Å². The van der Waals surface area contributed by atoms with Crippen LogP contribution in [0, 0.1) is 0 Å². The first-order valence-corrected chi connectivity index (χ1v) is 20.5. The molecule has 11 rings (SSSR count). The predicted molar refractivity (Wildman–Crippen MR) is 251 cm³/mol. The van der Waals surface area contributed by atoms with Gasteiger partial charge in [-0.25, -0.2) is 0 Å². The molecule has 0 fully saturated rings. The second-order valence-corrected chi connectivity index (χ2v) is 15.3. The van der Waals surface area contributed by atoms with E-state index in [1.807, 2.05) is 0 Å². The van der Waals surface area contributed by atoms with Gasteiger partial charge in [-0.3, -0.25) is 0 Å². The van der Waals surface area contributed by atoms with Crippen molar-refractivity contribution < 1.29 is 4.74 Å². The Morgan fingerprint density at radius 1 is 0.267 bits per heavy atom. The maximum atomic E-state index is 7.25. The lowest BCUT2D eigenvalue weighted by molar-refractivity contribution is 0.489. The lowest BCUT2D eigenvalue weighted by Gasteiger charge is -2.27. The van der Waals surface area contributed by atoms with Crippen molar-refractivity contribution in [3.63, 3.8) is 0 Å². The SMILES string of the molecule is c1ccc(-c2ccc(-c3ccc(N(c4ccc(-c5ccccc5)cc4)c4ccc5c(c4)Oc4c(cccc4-c4cccc6ccccc46)-c4ccccc4-5)cc3)cc2)cc1. The average Bonchev–Trinajstić information content (AvgIpc) is 3.47. The van der Waals surface area contributed by atoms with Crippen LogP contribution in [-0.4, -0.2) is 0 Å². The molecule has 0 spiro atoms. The molecule has 1 heterocycles. The van der Waals surface area contributed by atoms with Crippen LogP contribution in [0.1, 0.15) is 0 Å². The summed E-state index contributed by atoms with van der Waals surface area (Å²) in [4.78, 5) is 2.33. The van der Waals surface area contributed by atoms with Crippen molar-refractivity contribution >= 4 is 27.8 Å². The molecule has 10 aromatic carbocycles. The van der Waals surface area contributed by atoms with E-state index in [0.29, 0.717) is 0 Å². The first kappa shape index (κ1) is 35.2. The standard InChI is InChI=1S/C58H39NO/c1-3-13-40(14-4-1)42-25-27-43(28-26-42)45-31-35-48(36-32-45)59(47-33-29-44(30-34-47)41-15-5-2-6-16-41)49-37-38-54-52-20-9-10-21-53(52)56-24-12-23-55(58(56)60-57(54)39-49)51-22-11-18-46-17-7-8-19-50(46)51/h1-39H. The quantitative estimate of drug-likeness (QED) is 0.160. The summed E-state index contributed by atoms with van der Waals surface area (Å²) in [6, 6.07) is 84.6. The van der Waals surface area contributed by atoms with Crippen molar-refractivity contribution in [1.82, 2.24) is 0 Å². The summed E-state index contributed by atoms with van der Waals surface area (Å²) in [6.07, 6.45) is 0. The Kier molecular flexibility index (Phi) is 8.87. The van der Waals surface area contributed by atoms with Crippen LogP contribution in [0.25, 0.3) is 77.5 Å². The molecule has 0 radical (unpaired) electrons. The molecule has 0 saturated heterocycles. The molecule has 0 bridgehead atoms. The first-order chi connectivity index (χ1) is 29.7. The Bertz CT molecular complexity index is 3130. The fourth-order valence-electron chi connectivity index (χ4n) is 8.72. The highest BCUT2D eigenvalue weighted by Gasteiger charge is 2.25. The molecule has 0 aliphatic carbocycles. The molecule has 1 aliphatic heterocycles. The number of hydrogen-bond acceptors (Lipinski definition) is 2. The van der Waals surface area contributed by atoms with Crippen LogP contribution in [0.2, 0.25) is 0 Å². The summed E-state index contributed by atoms with van der Waals surface area (Å²) in [5.41, 5.74) is 16.9. The van der Waals surface area contributed by atoms with E-state index in [-0.39, 0.29) is 0 Å². The zero-order valence-corrected chi connectivity index (χ0v) is 32.9. The van der Waals surface area contributed by atoms with E-state index in [1.165, 1.54) is 38.6 Å². The molecule has 0 aromatic heterocycles. The van der Waals surface area contributed by atoms with Crippen LogP contribution in [0.4, 0.5) is 17.1 Å². The second kappa shape index (κ2) is 15.1. The molecular formula is C58H39NO. The average molecular weight is 766 g/mol. The Labute approximate surface area is 350 Å². The zero-order valence-electron chi connectivity index (χ0n) is 32.9. The molecular weight excluding hydrogens is 727 g/mol. The topological polar surface area (TPSA) is 12.5 Å². The van der Waals surface area contributed by atoms with Gasteiger partial charge in [-0.1, -0.05) is 194 Å². The molecule has 1 aliphatic rings. The van der Waals surface area contributed by atoms with E-state index >= 15 is 0 Å². The van der Waals surface area contributed by atoms with E-state index in [1.54, 1.807) is 0 Å². The summed E-state index contributed by atoms with van der Waals surface area (Å²) in [7, 11) is 0. The van der Waals surface area contributed by atoms with Gasteiger partial charge in [0, 0.05) is 39.8 Å². The van der Waals surface area contributed by atoms with Crippen LogP contribution in [0.3, 0.4) is 0 Å². The van der Waals surface area contributed by atoms with Crippen molar-refractivity contribution in [2.75, 3.05) is 4.90 Å². The third-order valence-electron chi connectivity index (χ3n) is 11.7. The molecule has 2 nitrogen and oxygen atoms in total. The van der Waals surface area contributed by atoms with Crippen LogP contribution < -0.4 is 9.64 Å². The van der Waals surface area contributed by atoms with Gasteiger partial charge in [-0.15, -0.1) is 0 Å². The minimum Gasteiger partial charge on any atom is -0.455 e. The van der Waals surface area contributed by atoms with Crippen LogP contribution in [-0.2, 0) is 0 Å². The van der Waals surface area contributed by atoms with E-state index in [4.69, 9.17) is 4.74 Å². The lowest BCUT2D eigenvalue weighted by Crippen LogP contribution is -2.10. The zero-order chi connectivity index (χ0) is 39.8. The maximum Gasteiger partial charge on any atom is 0.143 e. The molecule has 0 amide bonds. The Morgan fingerprint density at radius 3 is 1.27 bits per heavy atom. The molecule has 0 unspecified atom stereocenters. The van der Waals surface area contributed by atoms with Crippen molar-refractivity contribution in [2.45, 2.75) is 0 Å². The maximum absolute atomic E-state index is 7.25. The number of hydrogen-bond donors (Lipinski definition) is 0. The Balaban J connectivity index is 1.03. The number of nitrogens with zero attached hydrogens (tertiary/aromatic N) is 1. The Morgan fingerprint density at radius 2 is 0.667 bits per heavy atom. The van der Waals surface area contributed by atoms with Gasteiger partial charge in [0.15, 0.2) is 0 Å². The number of fused-ring (bicyclic) bond motifs is 6. The van der Waals surface area contributed by atoms with Crippen LogP contribution >= 0.6 is 0 Å². The molecule has 0 N–H and O–H groups in total. The Hall–Kier alpha value is -7.94. The fraction of sp³-hybridized carbons (Fsp3) is 0. The number of para-hydroxylation sites is 1. The third-order valence-corrected chi connectivity index (χ3v) is 11.7. The first-order valence-electron chi connectivity index (χ1n) is 20.5. The second-order valence-electron chi connectivity index (χ2n) is 15.3. The molecule has 2 heteroatoms. The molecule has 0 saturated carbocycles. The van der Waals surface area contributed by atoms with Gasteiger partial charge < -0.3 is 9.64 Å². The van der Waals surface area contributed by atoms with Crippen molar-refractivity contribution in [2.24, 2.45) is 0 Å². The molecule has 282 valence electrons. The number of ether oxygens (including phenoxy) is 1. The van der Waals surface area contributed by atoms with E-state index in [9.17, 15) is 0 Å². The van der Waals surface area contributed by atoms with Crippen molar-refractivity contribution in [3.05, 3.63) is 237 Å². The summed E-state index contributed by atoms with van der Waals surface area (Å²) < 4.78 is 7.25. The molecule has 10 aromatic rings. The summed E-state index contributed by atoms with van der Waals surface area (Å²) in [5, 5.41) is 2.40. The summed E-state index contributed by atoms with van der Waals surface area (Å²) in [5.74, 6) is 1.67. The van der Waals surface area contributed by atoms with Gasteiger partial charge in [0.2, 0.25) is 0 Å². The highest BCUT2D eigenvalue weighted by molar-refractivity contribution is 6.02. The van der Waals surface area contributed by atoms with Gasteiger partial charge in [0.05, 0.1) is 0 Å². The molecule has 60 heavy (non-hydrogen) atoms. The number of anilines is 3. The van der Waals surface area contributed by atoms with Crippen LogP contribution in [0.5, 0.6) is 11.5 Å². The van der Waals surface area contributed by atoms with E-state index < -0.39 is 0 Å². The summed E-state index contributed by atoms with van der Waals surface area (Å²) >= 11 is 0. The van der Waals surface area contributed by atoms with Gasteiger partial charge in [0.1, 0.15) is 11.5 Å². The van der Waals surface area contributed by atoms with Crippen molar-refractivity contribution in [3.8, 4) is 78.3 Å². The fourth-order valence-corrected chi connectivity index (χ4v) is 8.72. The number of benzene rings is 10. The third kappa shape index (κ3) is 6.41. The number of rotatable bonds is 7.